The quantitative estimate of drug-likeness (QED) is 0.637. The molecule has 0 radical (unpaired) electrons. The fourth-order valence-corrected chi connectivity index (χ4v) is 3.49. The van der Waals surface area contributed by atoms with Crippen LogP contribution >= 0.6 is 11.3 Å². The molecule has 0 unspecified atom stereocenters. The maximum Gasteiger partial charge on any atom is 0.237 e. The van der Waals surface area contributed by atoms with E-state index >= 15 is 0 Å². The molecule has 4 N–H and O–H groups in total. The Kier molecular flexibility index (Phi) is 6.13. The van der Waals surface area contributed by atoms with E-state index in [4.69, 9.17) is 5.73 Å². The van der Waals surface area contributed by atoms with Crippen LogP contribution < -0.4 is 16.4 Å². The number of thiazole rings is 1. The van der Waals surface area contributed by atoms with Gasteiger partial charge in [-0.2, -0.15) is 0 Å². The van der Waals surface area contributed by atoms with Crippen molar-refractivity contribution in [2.45, 2.75) is 25.4 Å². The first-order chi connectivity index (χ1) is 12.6. The Morgan fingerprint density at radius 1 is 1.42 bits per heavy atom. The third-order valence-electron chi connectivity index (χ3n) is 4.18. The van der Waals surface area contributed by atoms with Crippen molar-refractivity contribution in [3.63, 3.8) is 0 Å². The molecule has 9 heteroatoms. The Morgan fingerprint density at radius 3 is 3.04 bits per heavy atom. The number of amides is 2. The maximum atomic E-state index is 12.3. The van der Waals surface area contributed by atoms with Crippen LogP contribution in [0.2, 0.25) is 0 Å². The number of nitrogens with one attached hydrogen (secondary N) is 2. The lowest BCUT2D eigenvalue weighted by molar-refractivity contribution is -0.134. The predicted molar refractivity (Wildman–Crippen MR) is 99.3 cm³/mol. The van der Waals surface area contributed by atoms with Gasteiger partial charge < -0.3 is 16.4 Å². The molecule has 8 nitrogen and oxygen atoms in total. The van der Waals surface area contributed by atoms with Crippen molar-refractivity contribution in [1.29, 1.82) is 0 Å². The van der Waals surface area contributed by atoms with Crippen LogP contribution in [0.1, 0.15) is 17.8 Å². The SMILES string of the molecule is Nc1nc(CCNC(=O)C[C@H]2C(=O)NCCN2Cc2ccccn2)cs1. The minimum absolute atomic E-state index is 0.116. The van der Waals surface area contributed by atoms with Gasteiger partial charge in [-0.25, -0.2) is 4.98 Å². The Labute approximate surface area is 155 Å². The highest BCUT2D eigenvalue weighted by Crippen LogP contribution is 2.13. The number of hydrogen-bond donors (Lipinski definition) is 3. The van der Waals surface area contributed by atoms with Crippen molar-refractivity contribution >= 4 is 28.3 Å². The molecule has 2 aromatic rings. The van der Waals surface area contributed by atoms with Gasteiger partial charge in [0.1, 0.15) is 0 Å². The second-order valence-corrected chi connectivity index (χ2v) is 6.97. The van der Waals surface area contributed by atoms with Gasteiger partial charge in [-0.15, -0.1) is 11.3 Å². The molecule has 0 aromatic carbocycles. The molecule has 1 aliphatic heterocycles. The summed E-state index contributed by atoms with van der Waals surface area (Å²) < 4.78 is 0. The van der Waals surface area contributed by atoms with Gasteiger partial charge >= 0.3 is 0 Å². The molecule has 138 valence electrons. The first-order valence-corrected chi connectivity index (χ1v) is 9.38. The lowest BCUT2D eigenvalue weighted by Crippen LogP contribution is -2.56. The molecule has 1 fully saturated rings. The fourth-order valence-electron chi connectivity index (χ4n) is 2.89. The topological polar surface area (TPSA) is 113 Å². The average molecular weight is 374 g/mol. The van der Waals surface area contributed by atoms with E-state index in [-0.39, 0.29) is 18.2 Å². The monoisotopic (exact) mass is 374 g/mol. The number of nitrogens with zero attached hydrogens (tertiary/aromatic N) is 3. The molecule has 0 bridgehead atoms. The highest BCUT2D eigenvalue weighted by molar-refractivity contribution is 7.13. The van der Waals surface area contributed by atoms with Crippen molar-refractivity contribution in [2.24, 2.45) is 0 Å². The summed E-state index contributed by atoms with van der Waals surface area (Å²) in [5, 5.41) is 8.09. The predicted octanol–water partition coefficient (Wildman–Crippen LogP) is 0.170. The molecule has 1 atom stereocenters. The van der Waals surface area contributed by atoms with E-state index in [9.17, 15) is 9.59 Å². The molecule has 2 aromatic heterocycles. The van der Waals surface area contributed by atoms with Gasteiger partial charge in [-0.05, 0) is 12.1 Å². The number of rotatable bonds is 7. The van der Waals surface area contributed by atoms with Gasteiger partial charge in [0.25, 0.3) is 0 Å². The molecular weight excluding hydrogens is 352 g/mol. The number of nitrogens with two attached hydrogens (primary N) is 1. The summed E-state index contributed by atoms with van der Waals surface area (Å²) >= 11 is 1.38. The van der Waals surface area contributed by atoms with Crippen molar-refractivity contribution in [3.8, 4) is 0 Å². The summed E-state index contributed by atoms with van der Waals surface area (Å²) in [5.41, 5.74) is 7.34. The zero-order chi connectivity index (χ0) is 18.4. The fraction of sp³-hybridized carbons (Fsp3) is 0.412. The van der Waals surface area contributed by atoms with E-state index in [0.717, 1.165) is 11.4 Å². The third kappa shape index (κ3) is 4.99. The third-order valence-corrected chi connectivity index (χ3v) is 4.91. The van der Waals surface area contributed by atoms with Gasteiger partial charge in [0, 0.05) is 44.2 Å². The van der Waals surface area contributed by atoms with Gasteiger partial charge in [-0.1, -0.05) is 6.07 Å². The van der Waals surface area contributed by atoms with E-state index in [0.29, 0.717) is 37.7 Å². The number of piperazine rings is 1. The summed E-state index contributed by atoms with van der Waals surface area (Å²) in [6, 6.07) is 5.20. The van der Waals surface area contributed by atoms with Crippen LogP contribution in [0.25, 0.3) is 0 Å². The number of pyridine rings is 1. The van der Waals surface area contributed by atoms with E-state index in [1.54, 1.807) is 6.20 Å². The van der Waals surface area contributed by atoms with Gasteiger partial charge in [0.2, 0.25) is 11.8 Å². The largest absolute Gasteiger partial charge is 0.375 e. The number of nitrogen functional groups attached to an aromatic ring is 1. The van der Waals surface area contributed by atoms with Crippen LogP contribution in [0.4, 0.5) is 5.13 Å². The molecule has 26 heavy (non-hydrogen) atoms. The Bertz CT molecular complexity index is 751. The smallest absolute Gasteiger partial charge is 0.237 e. The normalized spacial score (nSPS) is 17.7. The summed E-state index contributed by atoms with van der Waals surface area (Å²) in [6.45, 7) is 2.29. The zero-order valence-corrected chi connectivity index (χ0v) is 15.2. The van der Waals surface area contributed by atoms with Crippen LogP contribution in [0.5, 0.6) is 0 Å². The lowest BCUT2D eigenvalue weighted by atomic mass is 10.1. The Morgan fingerprint density at radius 2 is 2.31 bits per heavy atom. The van der Waals surface area contributed by atoms with Crippen LogP contribution in [0, 0.1) is 0 Å². The van der Waals surface area contributed by atoms with Crippen LogP contribution in [-0.4, -0.2) is 52.4 Å². The number of carbonyl (C=O) groups is 2. The minimum atomic E-state index is -0.485. The molecule has 0 spiro atoms. The highest BCUT2D eigenvalue weighted by Gasteiger charge is 2.31. The summed E-state index contributed by atoms with van der Waals surface area (Å²) in [7, 11) is 0. The second-order valence-electron chi connectivity index (χ2n) is 6.08. The first-order valence-electron chi connectivity index (χ1n) is 8.50. The molecule has 0 aliphatic carbocycles. The summed E-state index contributed by atoms with van der Waals surface area (Å²) in [6.07, 6.45) is 2.47. The molecule has 1 saturated heterocycles. The number of carbonyl (C=O) groups excluding carboxylic acids is 2. The average Bonchev–Trinajstić information content (AvgIpc) is 3.04. The number of anilines is 1. The van der Waals surface area contributed by atoms with Crippen LogP contribution in [-0.2, 0) is 22.6 Å². The molecule has 3 rings (SSSR count). The molecular formula is C17H22N6O2S. The van der Waals surface area contributed by atoms with Crippen molar-refractivity contribution in [3.05, 3.63) is 41.2 Å². The van der Waals surface area contributed by atoms with Gasteiger partial charge in [0.05, 0.1) is 23.9 Å². The first kappa shape index (κ1) is 18.3. The molecule has 2 amide bonds. The van der Waals surface area contributed by atoms with E-state index < -0.39 is 6.04 Å². The van der Waals surface area contributed by atoms with E-state index in [1.165, 1.54) is 11.3 Å². The van der Waals surface area contributed by atoms with Crippen molar-refractivity contribution in [1.82, 2.24) is 25.5 Å². The highest BCUT2D eigenvalue weighted by atomic mass is 32.1. The Balaban J connectivity index is 1.52. The van der Waals surface area contributed by atoms with Crippen molar-refractivity contribution < 1.29 is 9.59 Å². The molecule has 1 aliphatic rings. The van der Waals surface area contributed by atoms with Crippen LogP contribution in [0.15, 0.2) is 29.8 Å². The Hall–Kier alpha value is -2.52. The lowest BCUT2D eigenvalue weighted by Gasteiger charge is -2.34. The van der Waals surface area contributed by atoms with Crippen molar-refractivity contribution in [2.75, 3.05) is 25.4 Å². The summed E-state index contributed by atoms with van der Waals surface area (Å²) in [5.74, 6) is -0.268. The van der Waals surface area contributed by atoms with Gasteiger partial charge in [0.15, 0.2) is 5.13 Å². The number of hydrogen-bond acceptors (Lipinski definition) is 7. The van der Waals surface area contributed by atoms with E-state index in [1.807, 2.05) is 28.5 Å². The standard InChI is InChI=1S/C17H22N6O2S/c18-17-22-13(11-26-17)4-6-20-15(24)9-14-16(25)21-7-8-23(14)10-12-3-1-2-5-19-12/h1-3,5,11,14H,4,6-10H2,(H2,18,22)(H,20,24)(H,21,25)/t14-/m0/s1. The second kappa shape index (κ2) is 8.72. The summed E-state index contributed by atoms with van der Waals surface area (Å²) in [4.78, 5) is 35.0. The maximum absolute atomic E-state index is 12.3. The minimum Gasteiger partial charge on any atom is -0.375 e. The van der Waals surface area contributed by atoms with Gasteiger partial charge in [-0.3, -0.25) is 19.5 Å². The van der Waals surface area contributed by atoms with Crippen LogP contribution in [0.3, 0.4) is 0 Å². The molecule has 0 saturated carbocycles. The number of aromatic nitrogens is 2. The van der Waals surface area contributed by atoms with E-state index in [2.05, 4.69) is 20.6 Å². The molecule has 3 heterocycles. The zero-order valence-electron chi connectivity index (χ0n) is 14.4.